The Morgan fingerprint density at radius 3 is 2.58 bits per heavy atom. The lowest BCUT2D eigenvalue weighted by atomic mass is 10.2. The van der Waals surface area contributed by atoms with E-state index in [4.69, 9.17) is 15.2 Å². The summed E-state index contributed by atoms with van der Waals surface area (Å²) in [5, 5.41) is 1.84. The van der Waals surface area contributed by atoms with Crippen LogP contribution in [0.1, 0.15) is 32.9 Å². The largest absolute Gasteiger partial charge is 0.481 e. The number of rotatable bonds is 9. The zero-order valence-corrected chi connectivity index (χ0v) is 13.7. The second-order valence-electron chi connectivity index (χ2n) is 4.87. The first-order chi connectivity index (χ1) is 11.6. The first-order valence-electron chi connectivity index (χ1n) is 7.32. The first-order valence-corrected chi connectivity index (χ1v) is 8.20. The van der Waals surface area contributed by atoms with Crippen molar-refractivity contribution in [2.45, 2.75) is 12.8 Å². The molecule has 1 aromatic heterocycles. The van der Waals surface area contributed by atoms with E-state index in [1.807, 2.05) is 11.4 Å². The van der Waals surface area contributed by atoms with Gasteiger partial charge in [-0.2, -0.15) is 0 Å². The molecule has 2 aromatic rings. The normalized spacial score (nSPS) is 10.2. The van der Waals surface area contributed by atoms with Crippen LogP contribution in [0.25, 0.3) is 0 Å². The van der Waals surface area contributed by atoms with Crippen molar-refractivity contribution in [1.82, 2.24) is 0 Å². The zero-order valence-electron chi connectivity index (χ0n) is 12.9. The molecule has 6 nitrogen and oxygen atoms in total. The molecule has 1 aromatic carbocycles. The molecule has 0 fully saturated rings. The SMILES string of the molecule is NC(=O)c1ccccc1OCC(=O)OCCCC(=O)c1cccs1. The van der Waals surface area contributed by atoms with Crippen LogP contribution < -0.4 is 10.5 Å². The smallest absolute Gasteiger partial charge is 0.344 e. The van der Waals surface area contributed by atoms with Crippen LogP contribution in [0.5, 0.6) is 5.75 Å². The summed E-state index contributed by atoms with van der Waals surface area (Å²) in [7, 11) is 0. The molecular weight excluding hydrogens is 330 g/mol. The van der Waals surface area contributed by atoms with E-state index < -0.39 is 11.9 Å². The van der Waals surface area contributed by atoms with E-state index in [1.54, 1.807) is 24.3 Å². The van der Waals surface area contributed by atoms with Gasteiger partial charge in [-0.05, 0) is 30.0 Å². The zero-order chi connectivity index (χ0) is 17.4. The Hall–Kier alpha value is -2.67. The van der Waals surface area contributed by atoms with Crippen LogP contribution in [0.15, 0.2) is 41.8 Å². The average Bonchev–Trinajstić information content (AvgIpc) is 3.11. The van der Waals surface area contributed by atoms with Gasteiger partial charge in [-0.3, -0.25) is 9.59 Å². The number of para-hydroxylation sites is 1. The van der Waals surface area contributed by atoms with E-state index in [0.29, 0.717) is 17.7 Å². The molecule has 0 aliphatic rings. The van der Waals surface area contributed by atoms with Crippen molar-refractivity contribution in [1.29, 1.82) is 0 Å². The maximum atomic E-state index is 11.8. The van der Waals surface area contributed by atoms with Gasteiger partial charge in [0.15, 0.2) is 12.4 Å². The van der Waals surface area contributed by atoms with E-state index >= 15 is 0 Å². The van der Waals surface area contributed by atoms with Crippen molar-refractivity contribution in [3.8, 4) is 5.75 Å². The van der Waals surface area contributed by atoms with Gasteiger partial charge in [0.2, 0.25) is 0 Å². The highest BCUT2D eigenvalue weighted by atomic mass is 32.1. The molecule has 1 heterocycles. The standard InChI is InChI=1S/C17H17NO5S/c18-17(21)12-5-1-2-7-14(12)23-11-16(20)22-9-3-6-13(19)15-8-4-10-24-15/h1-2,4-5,7-8,10H,3,6,9,11H2,(H2,18,21). The molecule has 0 atom stereocenters. The minimum Gasteiger partial charge on any atom is -0.481 e. The molecule has 7 heteroatoms. The van der Waals surface area contributed by atoms with Gasteiger partial charge in [0.1, 0.15) is 5.75 Å². The van der Waals surface area contributed by atoms with Gasteiger partial charge in [0, 0.05) is 6.42 Å². The van der Waals surface area contributed by atoms with Crippen LogP contribution in [0.3, 0.4) is 0 Å². The van der Waals surface area contributed by atoms with Crippen LogP contribution in [0.2, 0.25) is 0 Å². The summed E-state index contributed by atoms with van der Waals surface area (Å²) in [5.41, 5.74) is 5.42. The Labute approximate surface area is 143 Å². The van der Waals surface area contributed by atoms with Crippen molar-refractivity contribution < 1.29 is 23.9 Å². The monoisotopic (exact) mass is 347 g/mol. The summed E-state index contributed by atoms with van der Waals surface area (Å²) >= 11 is 1.39. The number of ether oxygens (including phenoxy) is 2. The van der Waals surface area contributed by atoms with Gasteiger partial charge >= 0.3 is 5.97 Å². The summed E-state index contributed by atoms with van der Waals surface area (Å²) < 4.78 is 10.3. The molecule has 0 saturated heterocycles. The third-order valence-electron chi connectivity index (χ3n) is 3.11. The molecule has 0 saturated carbocycles. The maximum Gasteiger partial charge on any atom is 0.344 e. The summed E-state index contributed by atoms with van der Waals surface area (Å²) in [5.74, 6) is -0.939. The van der Waals surface area contributed by atoms with E-state index in [-0.39, 0.29) is 30.3 Å². The number of nitrogens with two attached hydrogens (primary N) is 1. The van der Waals surface area contributed by atoms with E-state index in [9.17, 15) is 14.4 Å². The third kappa shape index (κ3) is 5.20. The number of amides is 1. The first kappa shape index (κ1) is 17.7. The number of hydrogen-bond acceptors (Lipinski definition) is 6. The van der Waals surface area contributed by atoms with E-state index in [2.05, 4.69) is 0 Å². The average molecular weight is 347 g/mol. The fourth-order valence-electron chi connectivity index (χ4n) is 1.95. The van der Waals surface area contributed by atoms with Gasteiger partial charge < -0.3 is 15.2 Å². The van der Waals surface area contributed by atoms with Gasteiger partial charge in [-0.1, -0.05) is 18.2 Å². The van der Waals surface area contributed by atoms with Crippen molar-refractivity contribution in [3.63, 3.8) is 0 Å². The molecular formula is C17H17NO5S. The van der Waals surface area contributed by atoms with Crippen LogP contribution in [-0.4, -0.2) is 30.9 Å². The summed E-state index contributed by atoms with van der Waals surface area (Å²) in [6, 6.07) is 9.97. The van der Waals surface area contributed by atoms with Gasteiger partial charge in [-0.25, -0.2) is 4.79 Å². The van der Waals surface area contributed by atoms with Gasteiger partial charge in [0.05, 0.1) is 17.0 Å². The third-order valence-corrected chi connectivity index (χ3v) is 4.02. The molecule has 0 aliphatic carbocycles. The summed E-state index contributed by atoms with van der Waals surface area (Å²) in [6.45, 7) is -0.195. The quantitative estimate of drug-likeness (QED) is 0.427. The minimum absolute atomic E-state index is 0.0349. The highest BCUT2D eigenvalue weighted by Crippen LogP contribution is 2.17. The number of benzene rings is 1. The molecule has 1 amide bonds. The number of ketones is 1. The van der Waals surface area contributed by atoms with Crippen LogP contribution in [0, 0.1) is 0 Å². The highest BCUT2D eigenvalue weighted by Gasteiger charge is 2.11. The number of hydrogen-bond donors (Lipinski definition) is 1. The van der Waals surface area contributed by atoms with Crippen molar-refractivity contribution in [2.75, 3.05) is 13.2 Å². The Kier molecular flexibility index (Phi) is 6.51. The molecule has 2 rings (SSSR count). The van der Waals surface area contributed by atoms with Crippen LogP contribution in [-0.2, 0) is 9.53 Å². The summed E-state index contributed by atoms with van der Waals surface area (Å²) in [6.07, 6.45) is 0.763. The van der Waals surface area contributed by atoms with Crippen molar-refractivity contribution in [2.24, 2.45) is 5.73 Å². The number of esters is 1. The molecule has 126 valence electrons. The number of carbonyl (C=O) groups excluding carboxylic acids is 3. The molecule has 2 N–H and O–H groups in total. The lowest BCUT2D eigenvalue weighted by molar-refractivity contribution is -0.146. The fraction of sp³-hybridized carbons (Fsp3) is 0.235. The predicted molar refractivity (Wildman–Crippen MR) is 89.3 cm³/mol. The molecule has 0 aliphatic heterocycles. The van der Waals surface area contributed by atoms with Crippen LogP contribution in [0.4, 0.5) is 0 Å². The van der Waals surface area contributed by atoms with Crippen molar-refractivity contribution in [3.05, 3.63) is 52.2 Å². The Bertz CT molecular complexity index is 712. The van der Waals surface area contributed by atoms with Gasteiger partial charge in [0.25, 0.3) is 5.91 Å². The molecule has 0 bridgehead atoms. The highest BCUT2D eigenvalue weighted by molar-refractivity contribution is 7.12. The molecule has 0 radical (unpaired) electrons. The second kappa shape index (κ2) is 8.83. The topological polar surface area (TPSA) is 95.7 Å². The van der Waals surface area contributed by atoms with Gasteiger partial charge in [-0.15, -0.1) is 11.3 Å². The lowest BCUT2D eigenvalue weighted by Crippen LogP contribution is -2.18. The van der Waals surface area contributed by atoms with E-state index in [1.165, 1.54) is 17.4 Å². The Morgan fingerprint density at radius 1 is 1.08 bits per heavy atom. The summed E-state index contributed by atoms with van der Waals surface area (Å²) in [4.78, 5) is 35.3. The van der Waals surface area contributed by atoms with E-state index in [0.717, 1.165) is 0 Å². The predicted octanol–water partition coefficient (Wildman–Crippen LogP) is 2.43. The number of thiophene rings is 1. The Balaban J connectivity index is 1.69. The number of Topliss-reactive ketones (excluding diaryl/α,β-unsaturated/α-hetero) is 1. The Morgan fingerprint density at radius 2 is 1.88 bits per heavy atom. The minimum atomic E-state index is -0.633. The number of primary amides is 1. The molecule has 0 unspecified atom stereocenters. The van der Waals surface area contributed by atoms with Crippen LogP contribution >= 0.6 is 11.3 Å². The van der Waals surface area contributed by atoms with Crippen molar-refractivity contribution >= 4 is 29.0 Å². The molecule has 0 spiro atoms. The maximum absolute atomic E-state index is 11.8. The lowest BCUT2D eigenvalue weighted by Gasteiger charge is -2.09. The molecule has 24 heavy (non-hydrogen) atoms. The number of carbonyl (C=O) groups is 3. The fourth-order valence-corrected chi connectivity index (χ4v) is 2.65. The second-order valence-corrected chi connectivity index (χ2v) is 5.82.